The molecular weight excluding hydrogens is 411 g/mol. The fourth-order valence-electron chi connectivity index (χ4n) is 4.87. The van der Waals surface area contributed by atoms with Gasteiger partial charge in [-0.3, -0.25) is 4.79 Å². The number of aromatic nitrogens is 1. The van der Waals surface area contributed by atoms with Crippen molar-refractivity contribution < 1.29 is 13.9 Å². The number of halogens is 1. The maximum atomic E-state index is 13.8. The molecule has 1 saturated carbocycles. The van der Waals surface area contributed by atoms with Crippen molar-refractivity contribution in [2.75, 3.05) is 6.61 Å². The van der Waals surface area contributed by atoms with Crippen LogP contribution < -0.4 is 4.74 Å². The van der Waals surface area contributed by atoms with Crippen molar-refractivity contribution in [3.05, 3.63) is 71.1 Å². The molecule has 2 aliphatic heterocycles. The first-order valence-electron chi connectivity index (χ1n) is 10.7. The normalized spacial score (nSPS) is 24.5. The standard InChI is InChI=1S/C25H25FN2O2S/c1-15-18-12-20(13-18)28(22(15)14-30-21-10-8-19(26)9-11-21)25(29)23-24(31-16(2)27-23)17-6-4-3-5-7-17/h3-11,15,18,20,22H,12-14H2,1-2H3/t15-,18?,20?,22+/m1/s1. The third-order valence-electron chi connectivity index (χ3n) is 6.69. The summed E-state index contributed by atoms with van der Waals surface area (Å²) in [5.74, 6) is 1.29. The Hall–Kier alpha value is -2.73. The molecule has 3 fully saturated rings. The molecule has 31 heavy (non-hydrogen) atoms. The van der Waals surface area contributed by atoms with Crippen molar-refractivity contribution in [2.24, 2.45) is 11.8 Å². The average Bonchev–Trinajstić information content (AvgIpc) is 3.14. The van der Waals surface area contributed by atoms with Gasteiger partial charge in [0.05, 0.1) is 15.9 Å². The minimum atomic E-state index is -0.288. The number of thiazole rings is 1. The summed E-state index contributed by atoms with van der Waals surface area (Å²) in [5.41, 5.74) is 1.56. The molecule has 2 atom stereocenters. The second kappa shape index (κ2) is 8.08. The summed E-state index contributed by atoms with van der Waals surface area (Å²) in [6, 6.07) is 16.3. The van der Waals surface area contributed by atoms with Crippen LogP contribution in [0, 0.1) is 24.6 Å². The molecule has 2 saturated heterocycles. The fraction of sp³-hybridized carbons (Fsp3) is 0.360. The number of hydrogen-bond donors (Lipinski definition) is 0. The summed E-state index contributed by atoms with van der Waals surface area (Å²) in [5, 5.41) is 0.887. The molecular formula is C25H25FN2O2S. The molecule has 2 bridgehead atoms. The van der Waals surface area contributed by atoms with Crippen LogP contribution >= 0.6 is 11.3 Å². The number of nitrogens with zero attached hydrogens (tertiary/aromatic N) is 2. The lowest BCUT2D eigenvalue weighted by Crippen LogP contribution is -2.64. The van der Waals surface area contributed by atoms with Crippen LogP contribution in [-0.4, -0.2) is 34.5 Å². The SMILES string of the molecule is Cc1nc(C(=O)N2C3CC(C3)[C@@H](C)[C@@H]2COc2ccc(F)cc2)c(-c2ccccc2)s1. The van der Waals surface area contributed by atoms with Crippen LogP contribution in [0.4, 0.5) is 4.39 Å². The van der Waals surface area contributed by atoms with E-state index in [9.17, 15) is 9.18 Å². The van der Waals surface area contributed by atoms with Gasteiger partial charge in [-0.2, -0.15) is 0 Å². The van der Waals surface area contributed by atoms with Crippen molar-refractivity contribution >= 4 is 17.2 Å². The van der Waals surface area contributed by atoms with Crippen LogP contribution in [0.2, 0.25) is 0 Å². The van der Waals surface area contributed by atoms with Gasteiger partial charge in [0.25, 0.3) is 5.91 Å². The zero-order chi connectivity index (χ0) is 21.5. The highest BCUT2D eigenvalue weighted by atomic mass is 32.1. The van der Waals surface area contributed by atoms with E-state index in [1.54, 1.807) is 23.5 Å². The number of amides is 1. The highest BCUT2D eigenvalue weighted by molar-refractivity contribution is 7.15. The first-order valence-corrected chi connectivity index (χ1v) is 11.6. The molecule has 0 spiro atoms. The van der Waals surface area contributed by atoms with Crippen LogP contribution in [0.3, 0.4) is 0 Å². The molecule has 6 rings (SSSR count). The fourth-order valence-corrected chi connectivity index (χ4v) is 5.78. The molecule has 160 valence electrons. The van der Waals surface area contributed by atoms with E-state index in [1.165, 1.54) is 12.1 Å². The second-order valence-corrected chi connectivity index (χ2v) is 9.77. The second-order valence-electron chi connectivity index (χ2n) is 8.57. The van der Waals surface area contributed by atoms with Crippen LogP contribution in [0.5, 0.6) is 5.75 Å². The number of rotatable bonds is 5. The van der Waals surface area contributed by atoms with Gasteiger partial charge in [-0.15, -0.1) is 11.3 Å². The van der Waals surface area contributed by atoms with E-state index in [-0.39, 0.29) is 23.8 Å². The van der Waals surface area contributed by atoms with Crippen LogP contribution in [-0.2, 0) is 0 Å². The molecule has 2 aromatic carbocycles. The van der Waals surface area contributed by atoms with E-state index in [4.69, 9.17) is 4.74 Å². The number of hydrogen-bond acceptors (Lipinski definition) is 4. The molecule has 3 aromatic rings. The molecule has 1 amide bonds. The van der Waals surface area contributed by atoms with Crippen molar-refractivity contribution in [1.82, 2.24) is 9.88 Å². The molecule has 1 aromatic heterocycles. The van der Waals surface area contributed by atoms with Gasteiger partial charge in [0.15, 0.2) is 0 Å². The number of carbonyl (C=O) groups is 1. The number of fused-ring (bicyclic) bond motifs is 2. The number of carbonyl (C=O) groups excluding carboxylic acids is 1. The van der Waals surface area contributed by atoms with Crippen molar-refractivity contribution in [1.29, 1.82) is 0 Å². The van der Waals surface area contributed by atoms with Crippen molar-refractivity contribution in [3.63, 3.8) is 0 Å². The highest BCUT2D eigenvalue weighted by Crippen LogP contribution is 2.47. The number of ether oxygens (including phenoxy) is 1. The Kier molecular flexibility index (Phi) is 5.26. The lowest BCUT2D eigenvalue weighted by molar-refractivity contribution is -0.0672. The number of aryl methyl sites for hydroxylation is 1. The topological polar surface area (TPSA) is 42.4 Å². The predicted molar refractivity (Wildman–Crippen MR) is 120 cm³/mol. The largest absolute Gasteiger partial charge is 0.491 e. The molecule has 1 aliphatic carbocycles. The van der Waals surface area contributed by atoms with Gasteiger partial charge in [0.2, 0.25) is 0 Å². The quantitative estimate of drug-likeness (QED) is 0.525. The van der Waals surface area contributed by atoms with Crippen LogP contribution in [0.1, 0.15) is 35.3 Å². The molecule has 0 radical (unpaired) electrons. The summed E-state index contributed by atoms with van der Waals surface area (Å²) in [6.07, 6.45) is 2.09. The predicted octanol–water partition coefficient (Wildman–Crippen LogP) is 5.58. The number of benzene rings is 2. The summed E-state index contributed by atoms with van der Waals surface area (Å²) in [4.78, 5) is 21.4. The summed E-state index contributed by atoms with van der Waals surface area (Å²) in [6.45, 7) is 4.56. The third-order valence-corrected chi connectivity index (χ3v) is 7.71. The van der Waals surface area contributed by atoms with Gasteiger partial charge >= 0.3 is 0 Å². The van der Waals surface area contributed by atoms with Crippen LogP contribution in [0.15, 0.2) is 54.6 Å². The van der Waals surface area contributed by atoms with Crippen molar-refractivity contribution in [3.8, 4) is 16.2 Å². The van der Waals surface area contributed by atoms with Crippen molar-refractivity contribution in [2.45, 2.75) is 38.8 Å². The van der Waals surface area contributed by atoms with E-state index in [0.717, 1.165) is 28.3 Å². The minimum Gasteiger partial charge on any atom is -0.491 e. The summed E-state index contributed by atoms with van der Waals surface area (Å²) in [7, 11) is 0. The molecule has 3 heterocycles. The Morgan fingerprint density at radius 1 is 1.16 bits per heavy atom. The molecule has 3 aliphatic rings. The highest BCUT2D eigenvalue weighted by Gasteiger charge is 2.51. The summed E-state index contributed by atoms with van der Waals surface area (Å²) >= 11 is 1.56. The summed E-state index contributed by atoms with van der Waals surface area (Å²) < 4.78 is 19.2. The Balaban J connectivity index is 1.43. The zero-order valence-corrected chi connectivity index (χ0v) is 18.4. The average molecular weight is 437 g/mol. The zero-order valence-electron chi connectivity index (χ0n) is 17.6. The first kappa shape index (κ1) is 20.2. The van der Waals surface area contributed by atoms with Gasteiger partial charge in [0.1, 0.15) is 23.9 Å². The molecule has 0 N–H and O–H groups in total. The molecule has 6 heteroatoms. The Labute approximate surface area is 185 Å². The van der Waals surface area contributed by atoms with E-state index in [0.29, 0.717) is 29.9 Å². The monoisotopic (exact) mass is 436 g/mol. The van der Waals surface area contributed by atoms with Gasteiger partial charge in [-0.25, -0.2) is 9.37 Å². The Bertz CT molecular complexity index is 1080. The van der Waals surface area contributed by atoms with E-state index < -0.39 is 0 Å². The number of piperidine rings is 2. The lowest BCUT2D eigenvalue weighted by atomic mass is 9.64. The van der Waals surface area contributed by atoms with Crippen LogP contribution in [0.25, 0.3) is 10.4 Å². The Morgan fingerprint density at radius 2 is 1.87 bits per heavy atom. The van der Waals surface area contributed by atoms with E-state index in [1.807, 2.05) is 42.2 Å². The first-order chi connectivity index (χ1) is 15.0. The van der Waals surface area contributed by atoms with Gasteiger partial charge in [0, 0.05) is 6.04 Å². The smallest absolute Gasteiger partial charge is 0.274 e. The van der Waals surface area contributed by atoms with Gasteiger partial charge in [-0.05, 0) is 61.4 Å². The van der Waals surface area contributed by atoms with E-state index >= 15 is 0 Å². The lowest BCUT2D eigenvalue weighted by Gasteiger charge is -2.57. The minimum absolute atomic E-state index is 0.00842. The van der Waals surface area contributed by atoms with E-state index in [2.05, 4.69) is 11.9 Å². The van der Waals surface area contributed by atoms with Gasteiger partial charge in [-0.1, -0.05) is 37.3 Å². The van der Waals surface area contributed by atoms with Gasteiger partial charge < -0.3 is 9.64 Å². The third kappa shape index (κ3) is 3.74. The molecule has 0 unspecified atom stereocenters. The maximum absolute atomic E-state index is 13.8. The Morgan fingerprint density at radius 3 is 2.58 bits per heavy atom. The maximum Gasteiger partial charge on any atom is 0.274 e. The molecule has 4 nitrogen and oxygen atoms in total.